The Kier molecular flexibility index (Phi) is 9.32. The van der Waals surface area contributed by atoms with E-state index in [4.69, 9.17) is 18.9 Å². The second-order valence-corrected chi connectivity index (χ2v) is 10.1. The molecule has 0 spiro atoms. The molecule has 0 aliphatic carbocycles. The topological polar surface area (TPSA) is 71.1 Å². The molecule has 2 atom stereocenters. The Morgan fingerprint density at radius 3 is 2.18 bits per heavy atom. The molecule has 3 aromatic carbocycles. The number of rotatable bonds is 10. The van der Waals surface area contributed by atoms with Crippen LogP contribution in [0.3, 0.4) is 0 Å². The Hall–Kier alpha value is -3.48. The molecule has 6 nitrogen and oxygen atoms in total. The maximum absolute atomic E-state index is 13.0. The lowest BCUT2D eigenvalue weighted by Crippen LogP contribution is -2.49. The van der Waals surface area contributed by atoms with Crippen LogP contribution >= 0.6 is 0 Å². The van der Waals surface area contributed by atoms with E-state index >= 15 is 0 Å². The normalized spacial score (nSPS) is 18.5. The van der Waals surface area contributed by atoms with Crippen LogP contribution in [0.2, 0.25) is 0 Å². The second-order valence-electron chi connectivity index (χ2n) is 10.1. The predicted octanol–water partition coefficient (Wildman–Crippen LogP) is 5.70. The van der Waals surface area contributed by atoms with E-state index in [9.17, 15) is 9.59 Å². The van der Waals surface area contributed by atoms with Crippen molar-refractivity contribution in [3.8, 4) is 0 Å². The van der Waals surface area contributed by atoms with Crippen LogP contribution in [0.15, 0.2) is 78.9 Å². The molecule has 1 aliphatic heterocycles. The molecule has 1 heterocycles. The van der Waals surface area contributed by atoms with E-state index in [2.05, 4.69) is 24.3 Å². The quantitative estimate of drug-likeness (QED) is 0.322. The number of carbonyl (C=O) groups is 2. The van der Waals surface area contributed by atoms with E-state index in [1.807, 2.05) is 62.4 Å². The van der Waals surface area contributed by atoms with Gasteiger partial charge in [-0.15, -0.1) is 0 Å². The molecule has 1 aliphatic rings. The molecule has 0 amide bonds. The van der Waals surface area contributed by atoms with E-state index in [0.717, 1.165) is 30.4 Å². The van der Waals surface area contributed by atoms with Crippen LogP contribution in [0, 0.1) is 5.92 Å². The molecule has 3 aromatic rings. The monoisotopic (exact) mass is 516 g/mol. The van der Waals surface area contributed by atoms with Gasteiger partial charge in [-0.3, -0.25) is 4.79 Å². The summed E-state index contributed by atoms with van der Waals surface area (Å²) in [5, 5.41) is 0. The zero-order chi connectivity index (χ0) is 27.0. The van der Waals surface area contributed by atoms with Crippen LogP contribution in [0.4, 0.5) is 0 Å². The highest BCUT2D eigenvalue weighted by molar-refractivity contribution is 5.89. The number of aryl methyl sites for hydroxylation is 3. The van der Waals surface area contributed by atoms with Crippen molar-refractivity contribution in [1.29, 1.82) is 0 Å². The van der Waals surface area contributed by atoms with Gasteiger partial charge in [-0.1, -0.05) is 66.7 Å². The molecular formula is C32H36O6. The summed E-state index contributed by atoms with van der Waals surface area (Å²) in [7, 11) is 1.39. The summed E-state index contributed by atoms with van der Waals surface area (Å²) in [6.45, 7) is 4.26. The number of methoxy groups -OCH3 is 1. The summed E-state index contributed by atoms with van der Waals surface area (Å²) in [6, 6.07) is 25.7. The predicted molar refractivity (Wildman–Crippen MR) is 145 cm³/mol. The van der Waals surface area contributed by atoms with Crippen LogP contribution in [-0.2, 0) is 49.6 Å². The molecule has 0 aromatic heterocycles. The summed E-state index contributed by atoms with van der Waals surface area (Å²) in [5.41, 5.74) is 5.01. The summed E-state index contributed by atoms with van der Waals surface area (Å²) in [5.74, 6) is -1.84. The number of esters is 2. The average Bonchev–Trinajstić information content (AvgIpc) is 2.94. The Labute approximate surface area is 224 Å². The van der Waals surface area contributed by atoms with Crippen LogP contribution in [0.5, 0.6) is 0 Å². The van der Waals surface area contributed by atoms with Gasteiger partial charge in [0.25, 0.3) is 0 Å². The van der Waals surface area contributed by atoms with Crippen LogP contribution < -0.4 is 0 Å². The standard InChI is InChI=1S/C32H36O6/c1-32(2)37-22-28(31(34)36-21-26-9-5-4-6-10-26)29(38-32)18-17-24-12-7-11-23(19-24)15-16-25-13-8-14-27(20-25)30(33)35-3/h4-14,19-20,28-29H,15-18,21-22H2,1-3H3/t28-,29-/m1/s1. The number of carbonyl (C=O) groups excluding carboxylic acids is 2. The van der Waals surface area contributed by atoms with E-state index < -0.39 is 11.7 Å². The molecule has 200 valence electrons. The molecule has 0 radical (unpaired) electrons. The van der Waals surface area contributed by atoms with Crippen molar-refractivity contribution in [3.63, 3.8) is 0 Å². The van der Waals surface area contributed by atoms with Gasteiger partial charge in [-0.05, 0) is 73.9 Å². The van der Waals surface area contributed by atoms with Crippen molar-refractivity contribution < 1.29 is 28.5 Å². The third-order valence-electron chi connectivity index (χ3n) is 6.78. The van der Waals surface area contributed by atoms with Gasteiger partial charge in [0, 0.05) is 0 Å². The van der Waals surface area contributed by atoms with Crippen molar-refractivity contribution in [2.24, 2.45) is 5.92 Å². The van der Waals surface area contributed by atoms with Gasteiger partial charge in [0.15, 0.2) is 5.79 Å². The number of hydrogen-bond acceptors (Lipinski definition) is 6. The van der Waals surface area contributed by atoms with Crippen molar-refractivity contribution in [1.82, 2.24) is 0 Å². The fourth-order valence-electron chi connectivity index (χ4n) is 4.70. The van der Waals surface area contributed by atoms with Gasteiger partial charge in [0.1, 0.15) is 12.5 Å². The molecule has 38 heavy (non-hydrogen) atoms. The first-order valence-electron chi connectivity index (χ1n) is 13.1. The highest BCUT2D eigenvalue weighted by Gasteiger charge is 2.40. The summed E-state index contributed by atoms with van der Waals surface area (Å²) >= 11 is 0. The maximum Gasteiger partial charge on any atom is 0.337 e. The fourth-order valence-corrected chi connectivity index (χ4v) is 4.70. The van der Waals surface area contributed by atoms with Crippen molar-refractivity contribution in [2.75, 3.05) is 13.7 Å². The molecule has 4 rings (SSSR count). The number of hydrogen-bond donors (Lipinski definition) is 0. The van der Waals surface area contributed by atoms with E-state index in [0.29, 0.717) is 12.0 Å². The van der Waals surface area contributed by atoms with Crippen molar-refractivity contribution in [3.05, 3.63) is 107 Å². The molecule has 0 N–H and O–H groups in total. The SMILES string of the molecule is COC(=O)c1cccc(CCc2cccc(CC[C@H]3OC(C)(C)OC[C@H]3C(=O)OCc3ccccc3)c2)c1. The number of ether oxygens (including phenoxy) is 4. The third kappa shape index (κ3) is 7.76. The average molecular weight is 517 g/mol. The molecule has 1 fully saturated rings. The maximum atomic E-state index is 13.0. The Morgan fingerprint density at radius 2 is 1.47 bits per heavy atom. The highest BCUT2D eigenvalue weighted by Crippen LogP contribution is 2.30. The summed E-state index contributed by atoms with van der Waals surface area (Å²) < 4.78 is 22.4. The lowest BCUT2D eigenvalue weighted by molar-refractivity contribution is -0.292. The van der Waals surface area contributed by atoms with Gasteiger partial charge in [0.05, 0.1) is 25.4 Å². The van der Waals surface area contributed by atoms with Crippen LogP contribution in [-0.4, -0.2) is 37.5 Å². The Bertz CT molecular complexity index is 1220. The Balaban J connectivity index is 1.35. The lowest BCUT2D eigenvalue weighted by atomic mass is 9.94. The smallest absolute Gasteiger partial charge is 0.337 e. The third-order valence-corrected chi connectivity index (χ3v) is 6.78. The first-order valence-corrected chi connectivity index (χ1v) is 13.1. The van der Waals surface area contributed by atoms with Crippen molar-refractivity contribution >= 4 is 11.9 Å². The zero-order valence-corrected chi connectivity index (χ0v) is 22.4. The second kappa shape index (κ2) is 12.9. The van der Waals surface area contributed by atoms with Gasteiger partial charge in [0.2, 0.25) is 0 Å². The lowest BCUT2D eigenvalue weighted by Gasteiger charge is -2.40. The van der Waals surface area contributed by atoms with Crippen LogP contribution in [0.25, 0.3) is 0 Å². The largest absolute Gasteiger partial charge is 0.465 e. The minimum atomic E-state index is -0.749. The van der Waals surface area contributed by atoms with E-state index in [1.54, 1.807) is 6.07 Å². The van der Waals surface area contributed by atoms with Crippen molar-refractivity contribution in [2.45, 2.75) is 58.0 Å². The Morgan fingerprint density at radius 1 is 0.842 bits per heavy atom. The van der Waals surface area contributed by atoms with E-state index in [-0.39, 0.29) is 31.3 Å². The summed E-state index contributed by atoms with van der Waals surface area (Å²) in [4.78, 5) is 24.8. The van der Waals surface area contributed by atoms with Gasteiger partial charge < -0.3 is 18.9 Å². The van der Waals surface area contributed by atoms with Gasteiger partial charge in [-0.2, -0.15) is 0 Å². The molecule has 0 saturated carbocycles. The zero-order valence-electron chi connectivity index (χ0n) is 22.4. The summed E-state index contributed by atoms with van der Waals surface area (Å²) in [6.07, 6.45) is 2.83. The van der Waals surface area contributed by atoms with Crippen LogP contribution in [0.1, 0.15) is 52.9 Å². The fraction of sp³-hybridized carbons (Fsp3) is 0.375. The minimum Gasteiger partial charge on any atom is -0.465 e. The first-order chi connectivity index (χ1) is 18.3. The van der Waals surface area contributed by atoms with Gasteiger partial charge >= 0.3 is 11.9 Å². The molecule has 6 heteroatoms. The first kappa shape index (κ1) is 27.6. The van der Waals surface area contributed by atoms with E-state index in [1.165, 1.54) is 18.2 Å². The van der Waals surface area contributed by atoms with Gasteiger partial charge in [-0.25, -0.2) is 4.79 Å². The molecule has 1 saturated heterocycles. The number of benzene rings is 3. The highest BCUT2D eigenvalue weighted by atomic mass is 16.7. The molecule has 0 unspecified atom stereocenters. The molecule has 0 bridgehead atoms. The molecular weight excluding hydrogens is 480 g/mol. The minimum absolute atomic E-state index is 0.233.